The van der Waals surface area contributed by atoms with E-state index in [4.69, 9.17) is 10.5 Å². The van der Waals surface area contributed by atoms with Gasteiger partial charge in [-0.05, 0) is 18.6 Å². The molecule has 0 atom stereocenters. The van der Waals surface area contributed by atoms with E-state index in [-0.39, 0.29) is 17.9 Å². The van der Waals surface area contributed by atoms with Crippen molar-refractivity contribution >= 4 is 17.8 Å². The fourth-order valence-corrected chi connectivity index (χ4v) is 1.52. The van der Waals surface area contributed by atoms with Crippen molar-refractivity contribution in [3.8, 4) is 5.75 Å². The van der Waals surface area contributed by atoms with Crippen LogP contribution in [0, 0.1) is 0 Å². The summed E-state index contributed by atoms with van der Waals surface area (Å²) in [5.41, 5.74) is 5.36. The van der Waals surface area contributed by atoms with E-state index < -0.39 is 17.8 Å². The Morgan fingerprint density at radius 2 is 1.95 bits per heavy atom. The van der Waals surface area contributed by atoms with Crippen LogP contribution in [0.3, 0.4) is 0 Å². The molecule has 0 heterocycles. The number of benzene rings is 1. The number of rotatable bonds is 7. The van der Waals surface area contributed by atoms with Crippen LogP contribution >= 0.6 is 0 Å². The van der Waals surface area contributed by atoms with E-state index in [1.165, 1.54) is 12.1 Å². The van der Waals surface area contributed by atoms with Gasteiger partial charge in [0, 0.05) is 6.54 Å². The zero-order valence-electron chi connectivity index (χ0n) is 11.8. The Kier molecular flexibility index (Phi) is 6.73. The predicted molar refractivity (Wildman–Crippen MR) is 76.9 cm³/mol. The minimum Gasteiger partial charge on any atom is -0.483 e. The first-order valence-electron chi connectivity index (χ1n) is 6.64. The number of imide groups is 1. The summed E-state index contributed by atoms with van der Waals surface area (Å²) in [6.07, 6.45) is 1.78. The quantitative estimate of drug-likeness (QED) is 0.645. The van der Waals surface area contributed by atoms with Crippen molar-refractivity contribution in [2.24, 2.45) is 5.73 Å². The second-order valence-corrected chi connectivity index (χ2v) is 4.31. The first-order valence-corrected chi connectivity index (χ1v) is 6.64. The van der Waals surface area contributed by atoms with Gasteiger partial charge in [-0.2, -0.15) is 0 Å². The summed E-state index contributed by atoms with van der Waals surface area (Å²) >= 11 is 0. The Labute approximate surface area is 122 Å². The van der Waals surface area contributed by atoms with Crippen molar-refractivity contribution in [1.29, 1.82) is 0 Å². The highest BCUT2D eigenvalue weighted by atomic mass is 16.5. The number of para-hydroxylation sites is 1. The summed E-state index contributed by atoms with van der Waals surface area (Å²) < 4.78 is 5.19. The molecule has 21 heavy (non-hydrogen) atoms. The molecule has 4 N–H and O–H groups in total. The fraction of sp³-hybridized carbons (Fsp3) is 0.357. The third-order valence-electron chi connectivity index (χ3n) is 2.58. The number of nitrogens with one attached hydrogen (secondary N) is 2. The average Bonchev–Trinajstić information content (AvgIpc) is 2.45. The van der Waals surface area contributed by atoms with Gasteiger partial charge in [0.15, 0.2) is 6.61 Å². The lowest BCUT2D eigenvalue weighted by Gasteiger charge is -2.09. The van der Waals surface area contributed by atoms with Crippen LogP contribution in [-0.4, -0.2) is 31.0 Å². The van der Waals surface area contributed by atoms with Gasteiger partial charge in [0.2, 0.25) is 0 Å². The van der Waals surface area contributed by atoms with Gasteiger partial charge in [-0.1, -0.05) is 25.5 Å². The molecule has 0 aromatic heterocycles. The standard InChI is InChI=1S/C14H19N3O4/c1-2-3-8-16-14(20)17-12(18)9-21-11-7-5-4-6-10(11)13(15)19/h4-7H,2-3,8-9H2,1H3,(H2,15,19)(H2,16,17,18,20). The lowest BCUT2D eigenvalue weighted by molar-refractivity contribution is -0.122. The Bertz CT molecular complexity index is 517. The highest BCUT2D eigenvalue weighted by Crippen LogP contribution is 2.16. The Morgan fingerprint density at radius 1 is 1.24 bits per heavy atom. The van der Waals surface area contributed by atoms with Gasteiger partial charge in [-0.15, -0.1) is 0 Å². The molecule has 114 valence electrons. The summed E-state index contributed by atoms with van der Waals surface area (Å²) in [6.45, 7) is 2.11. The van der Waals surface area contributed by atoms with Gasteiger partial charge >= 0.3 is 6.03 Å². The molecule has 0 unspecified atom stereocenters. The lowest BCUT2D eigenvalue weighted by atomic mass is 10.2. The summed E-state index contributed by atoms with van der Waals surface area (Å²) in [5.74, 6) is -1.06. The average molecular weight is 293 g/mol. The third-order valence-corrected chi connectivity index (χ3v) is 2.58. The molecule has 0 fully saturated rings. The topological polar surface area (TPSA) is 111 Å². The molecule has 4 amide bonds. The van der Waals surface area contributed by atoms with Gasteiger partial charge in [-0.25, -0.2) is 4.79 Å². The molecule has 0 aliphatic carbocycles. The Morgan fingerprint density at radius 3 is 2.62 bits per heavy atom. The highest BCUT2D eigenvalue weighted by molar-refractivity contribution is 5.96. The number of hydrogen-bond donors (Lipinski definition) is 3. The maximum Gasteiger partial charge on any atom is 0.321 e. The van der Waals surface area contributed by atoms with E-state index in [0.717, 1.165) is 12.8 Å². The fourth-order valence-electron chi connectivity index (χ4n) is 1.52. The van der Waals surface area contributed by atoms with Crippen molar-refractivity contribution in [1.82, 2.24) is 10.6 Å². The number of urea groups is 1. The Balaban J connectivity index is 2.43. The number of unbranched alkanes of at least 4 members (excludes halogenated alkanes) is 1. The minimum absolute atomic E-state index is 0.178. The van der Waals surface area contributed by atoms with Crippen LogP contribution in [0.5, 0.6) is 5.75 Å². The summed E-state index contributed by atoms with van der Waals surface area (Å²) in [6, 6.07) is 5.73. The van der Waals surface area contributed by atoms with Crippen LogP contribution in [0.1, 0.15) is 30.1 Å². The molecule has 0 aliphatic rings. The molecule has 0 bridgehead atoms. The first kappa shape index (κ1) is 16.5. The van der Waals surface area contributed by atoms with Crippen molar-refractivity contribution < 1.29 is 19.1 Å². The molecule has 0 radical (unpaired) electrons. The SMILES string of the molecule is CCCCNC(=O)NC(=O)COc1ccccc1C(N)=O. The molecule has 1 aromatic carbocycles. The maximum atomic E-state index is 11.5. The largest absolute Gasteiger partial charge is 0.483 e. The van der Waals surface area contributed by atoms with Gasteiger partial charge in [-0.3, -0.25) is 14.9 Å². The number of nitrogens with two attached hydrogens (primary N) is 1. The van der Waals surface area contributed by atoms with E-state index in [0.29, 0.717) is 6.54 Å². The van der Waals surface area contributed by atoms with Crippen molar-refractivity contribution in [3.05, 3.63) is 29.8 Å². The van der Waals surface area contributed by atoms with Crippen molar-refractivity contribution in [2.45, 2.75) is 19.8 Å². The van der Waals surface area contributed by atoms with E-state index >= 15 is 0 Å². The smallest absolute Gasteiger partial charge is 0.321 e. The molecule has 1 rings (SSSR count). The third kappa shape index (κ3) is 5.94. The molecular formula is C14H19N3O4. The van der Waals surface area contributed by atoms with Gasteiger partial charge in [0.05, 0.1) is 5.56 Å². The highest BCUT2D eigenvalue weighted by Gasteiger charge is 2.11. The molecule has 7 nitrogen and oxygen atoms in total. The second kappa shape index (κ2) is 8.57. The van der Waals surface area contributed by atoms with E-state index in [2.05, 4.69) is 10.6 Å². The number of amides is 4. The monoisotopic (exact) mass is 293 g/mol. The summed E-state index contributed by atoms with van der Waals surface area (Å²) in [4.78, 5) is 34.0. The number of ether oxygens (including phenoxy) is 1. The molecule has 1 aromatic rings. The summed E-state index contributed by atoms with van der Waals surface area (Å²) in [5, 5.41) is 4.67. The van der Waals surface area contributed by atoms with Crippen LogP contribution in [0.2, 0.25) is 0 Å². The Hall–Kier alpha value is -2.57. The maximum absolute atomic E-state index is 11.5. The van der Waals surface area contributed by atoms with Crippen LogP contribution in [0.4, 0.5) is 4.79 Å². The number of carbonyl (C=O) groups excluding carboxylic acids is 3. The zero-order valence-corrected chi connectivity index (χ0v) is 11.8. The molecule has 0 spiro atoms. The van der Waals surface area contributed by atoms with Crippen LogP contribution in [0.15, 0.2) is 24.3 Å². The van der Waals surface area contributed by atoms with Crippen molar-refractivity contribution in [2.75, 3.05) is 13.2 Å². The first-order chi connectivity index (χ1) is 10.0. The normalized spacial score (nSPS) is 9.76. The lowest BCUT2D eigenvalue weighted by Crippen LogP contribution is -2.42. The van der Waals surface area contributed by atoms with Crippen LogP contribution in [0.25, 0.3) is 0 Å². The van der Waals surface area contributed by atoms with Crippen LogP contribution in [-0.2, 0) is 4.79 Å². The van der Waals surface area contributed by atoms with E-state index in [1.54, 1.807) is 12.1 Å². The molecule has 7 heteroatoms. The zero-order chi connectivity index (χ0) is 15.7. The van der Waals surface area contributed by atoms with Crippen LogP contribution < -0.4 is 21.1 Å². The second-order valence-electron chi connectivity index (χ2n) is 4.31. The van der Waals surface area contributed by atoms with Crippen molar-refractivity contribution in [3.63, 3.8) is 0 Å². The van der Waals surface area contributed by atoms with Gasteiger partial charge in [0.25, 0.3) is 11.8 Å². The van der Waals surface area contributed by atoms with E-state index in [9.17, 15) is 14.4 Å². The molecule has 0 aliphatic heterocycles. The summed E-state index contributed by atoms with van der Waals surface area (Å²) in [7, 11) is 0. The number of hydrogen-bond acceptors (Lipinski definition) is 4. The predicted octanol–water partition coefficient (Wildman–Crippen LogP) is 0.790. The minimum atomic E-state index is -0.650. The molecular weight excluding hydrogens is 274 g/mol. The van der Waals surface area contributed by atoms with E-state index in [1.807, 2.05) is 6.92 Å². The van der Waals surface area contributed by atoms with Gasteiger partial charge < -0.3 is 15.8 Å². The van der Waals surface area contributed by atoms with Gasteiger partial charge in [0.1, 0.15) is 5.75 Å². The molecule has 0 saturated heterocycles. The number of primary amides is 1. The number of carbonyl (C=O) groups is 3. The molecule has 0 saturated carbocycles.